The molecular weight excluding hydrogens is 473 g/mol. The largest absolute Gasteiger partial charge is 0.382 e. The molecule has 2 aliphatic rings. The Balaban J connectivity index is 1.16. The van der Waals surface area contributed by atoms with Crippen LogP contribution < -0.4 is 10.6 Å². The summed E-state index contributed by atoms with van der Waals surface area (Å²) in [7, 11) is 0. The van der Waals surface area contributed by atoms with Gasteiger partial charge in [0.05, 0.1) is 17.4 Å². The van der Waals surface area contributed by atoms with Crippen LogP contribution in [-0.4, -0.2) is 38.0 Å². The van der Waals surface area contributed by atoms with Crippen molar-refractivity contribution in [1.29, 1.82) is 0 Å². The van der Waals surface area contributed by atoms with Gasteiger partial charge in [-0.1, -0.05) is 23.4 Å². The molecule has 0 aromatic carbocycles. The van der Waals surface area contributed by atoms with Gasteiger partial charge in [-0.25, -0.2) is 24.3 Å². The summed E-state index contributed by atoms with van der Waals surface area (Å²) >= 11 is 7.67. The van der Waals surface area contributed by atoms with Gasteiger partial charge in [-0.2, -0.15) is 0 Å². The molecule has 4 aromatic rings. The fourth-order valence-corrected chi connectivity index (χ4v) is 5.97. The second-order valence-electron chi connectivity index (χ2n) is 8.93. The van der Waals surface area contributed by atoms with E-state index in [1.54, 1.807) is 18.5 Å². The van der Waals surface area contributed by atoms with Gasteiger partial charge in [0.1, 0.15) is 28.0 Å². The number of nitrogens with two attached hydrogens (primary N) is 1. The van der Waals surface area contributed by atoms with Crippen LogP contribution in [0.3, 0.4) is 0 Å². The number of hydrogen-bond donors (Lipinski definition) is 1. The highest BCUT2D eigenvalue weighted by molar-refractivity contribution is 7.99. The predicted molar refractivity (Wildman–Crippen MR) is 131 cm³/mol. The standard InChI is InChI=1S/C24H21ClFN7S/c25-21-18(3-6-28-22(21)27)34-20-2-1-16-23(32-20)30-13-19(31-16)33-7-4-24(5-8-33)10-14-9-15(26)12-29-17(14)11-24/h1-3,6,9,12-13H,4-5,7-8,10-11H2,(H2,27,28). The van der Waals surface area contributed by atoms with Crippen molar-refractivity contribution in [2.75, 3.05) is 23.7 Å². The van der Waals surface area contributed by atoms with Crippen LogP contribution in [0.5, 0.6) is 0 Å². The zero-order chi connectivity index (χ0) is 23.3. The summed E-state index contributed by atoms with van der Waals surface area (Å²) in [4.78, 5) is 25.4. The van der Waals surface area contributed by atoms with E-state index in [0.717, 1.165) is 71.3 Å². The van der Waals surface area contributed by atoms with E-state index < -0.39 is 0 Å². The van der Waals surface area contributed by atoms with E-state index in [4.69, 9.17) is 22.3 Å². The van der Waals surface area contributed by atoms with E-state index in [1.807, 2.05) is 18.2 Å². The highest BCUT2D eigenvalue weighted by atomic mass is 35.5. The van der Waals surface area contributed by atoms with Gasteiger partial charge in [0.2, 0.25) is 0 Å². The first kappa shape index (κ1) is 21.5. The minimum absolute atomic E-state index is 0.176. The van der Waals surface area contributed by atoms with Gasteiger partial charge in [-0.15, -0.1) is 0 Å². The number of anilines is 2. The molecule has 1 aliphatic carbocycles. The number of piperidine rings is 1. The lowest BCUT2D eigenvalue weighted by atomic mass is 9.76. The van der Waals surface area contributed by atoms with E-state index >= 15 is 0 Å². The predicted octanol–water partition coefficient (Wildman–Crippen LogP) is 4.73. The Kier molecular flexibility index (Phi) is 5.26. The fourth-order valence-electron chi connectivity index (χ4n) is 4.93. The number of rotatable bonds is 3. The summed E-state index contributed by atoms with van der Waals surface area (Å²) in [6.45, 7) is 1.78. The molecule has 0 atom stereocenters. The monoisotopic (exact) mass is 493 g/mol. The molecule has 6 rings (SSSR count). The minimum atomic E-state index is -0.247. The molecule has 34 heavy (non-hydrogen) atoms. The molecule has 0 amide bonds. The fraction of sp³-hybridized carbons (Fsp3) is 0.292. The zero-order valence-corrected chi connectivity index (χ0v) is 19.8. The van der Waals surface area contributed by atoms with Crippen LogP contribution in [-0.2, 0) is 12.8 Å². The lowest BCUT2D eigenvalue weighted by Crippen LogP contribution is -2.41. The number of hydrogen-bond acceptors (Lipinski definition) is 8. The van der Waals surface area contributed by atoms with Gasteiger partial charge < -0.3 is 10.6 Å². The van der Waals surface area contributed by atoms with Crippen LogP contribution in [0, 0.1) is 11.2 Å². The van der Waals surface area contributed by atoms with Crippen molar-refractivity contribution in [3.05, 3.63) is 65.0 Å². The molecule has 4 aromatic heterocycles. The number of aromatic nitrogens is 5. The maximum absolute atomic E-state index is 13.6. The Morgan fingerprint density at radius 1 is 1.03 bits per heavy atom. The van der Waals surface area contributed by atoms with Crippen LogP contribution in [0.25, 0.3) is 11.2 Å². The molecule has 2 N–H and O–H groups in total. The quantitative estimate of drug-likeness (QED) is 0.438. The highest BCUT2D eigenvalue weighted by Crippen LogP contribution is 2.44. The molecule has 1 aliphatic heterocycles. The van der Waals surface area contributed by atoms with E-state index in [-0.39, 0.29) is 11.2 Å². The van der Waals surface area contributed by atoms with Crippen molar-refractivity contribution in [3.8, 4) is 0 Å². The molecule has 0 bridgehead atoms. The van der Waals surface area contributed by atoms with Gasteiger partial charge >= 0.3 is 0 Å². The van der Waals surface area contributed by atoms with Crippen molar-refractivity contribution in [2.24, 2.45) is 5.41 Å². The molecular formula is C24H21ClFN7S. The molecule has 0 radical (unpaired) electrons. The van der Waals surface area contributed by atoms with Crippen LogP contribution in [0.2, 0.25) is 5.02 Å². The lowest BCUT2D eigenvalue weighted by molar-refractivity contribution is 0.231. The molecule has 1 saturated heterocycles. The van der Waals surface area contributed by atoms with E-state index in [0.29, 0.717) is 16.5 Å². The van der Waals surface area contributed by atoms with Crippen molar-refractivity contribution in [1.82, 2.24) is 24.9 Å². The second kappa shape index (κ2) is 8.32. The third-order valence-electron chi connectivity index (χ3n) is 6.74. The summed E-state index contributed by atoms with van der Waals surface area (Å²) in [6.07, 6.45) is 8.62. The van der Waals surface area contributed by atoms with Crippen LogP contribution in [0.15, 0.2) is 52.8 Å². The molecule has 172 valence electrons. The third-order valence-corrected chi connectivity index (χ3v) is 8.25. The Labute approximate surface area is 205 Å². The zero-order valence-electron chi connectivity index (χ0n) is 18.2. The number of nitrogens with zero attached hydrogens (tertiary/aromatic N) is 6. The maximum Gasteiger partial charge on any atom is 0.179 e. The summed E-state index contributed by atoms with van der Waals surface area (Å²) in [5.74, 6) is 0.905. The summed E-state index contributed by atoms with van der Waals surface area (Å²) in [6, 6.07) is 7.29. The van der Waals surface area contributed by atoms with Crippen molar-refractivity contribution >= 4 is 46.2 Å². The van der Waals surface area contributed by atoms with Gasteiger partial charge in [0, 0.05) is 29.9 Å². The average Bonchev–Trinajstić information content (AvgIpc) is 3.19. The molecule has 5 heterocycles. The molecule has 1 spiro atoms. The number of halogens is 2. The van der Waals surface area contributed by atoms with Crippen LogP contribution in [0.4, 0.5) is 16.0 Å². The highest BCUT2D eigenvalue weighted by Gasteiger charge is 2.41. The van der Waals surface area contributed by atoms with Crippen LogP contribution >= 0.6 is 23.4 Å². The molecule has 7 nitrogen and oxygen atoms in total. The Morgan fingerprint density at radius 3 is 2.74 bits per heavy atom. The van der Waals surface area contributed by atoms with Crippen molar-refractivity contribution in [2.45, 2.75) is 35.6 Å². The lowest BCUT2D eigenvalue weighted by Gasteiger charge is -2.39. The van der Waals surface area contributed by atoms with E-state index in [2.05, 4.69) is 24.8 Å². The van der Waals surface area contributed by atoms with Crippen molar-refractivity contribution in [3.63, 3.8) is 0 Å². The first-order valence-corrected chi connectivity index (χ1v) is 12.3. The Morgan fingerprint density at radius 2 is 1.88 bits per heavy atom. The van der Waals surface area contributed by atoms with Gasteiger partial charge in [0.25, 0.3) is 0 Å². The molecule has 0 unspecified atom stereocenters. The smallest absolute Gasteiger partial charge is 0.179 e. The Hall–Kier alpha value is -3.04. The first-order chi connectivity index (χ1) is 16.5. The number of pyridine rings is 3. The first-order valence-electron chi connectivity index (χ1n) is 11.1. The summed E-state index contributed by atoms with van der Waals surface area (Å²) in [5, 5.41) is 1.18. The van der Waals surface area contributed by atoms with Crippen molar-refractivity contribution < 1.29 is 4.39 Å². The van der Waals surface area contributed by atoms with E-state index in [1.165, 1.54) is 18.0 Å². The second-order valence-corrected chi connectivity index (χ2v) is 10.4. The van der Waals surface area contributed by atoms with Gasteiger partial charge in [-0.3, -0.25) is 4.98 Å². The van der Waals surface area contributed by atoms with Crippen LogP contribution in [0.1, 0.15) is 24.1 Å². The molecule has 10 heteroatoms. The molecule has 1 fully saturated rings. The Bertz CT molecular complexity index is 1410. The summed E-state index contributed by atoms with van der Waals surface area (Å²) < 4.78 is 13.6. The van der Waals surface area contributed by atoms with E-state index in [9.17, 15) is 4.39 Å². The number of nitrogen functional groups attached to an aromatic ring is 1. The third kappa shape index (κ3) is 3.92. The topological polar surface area (TPSA) is 93.7 Å². The van der Waals surface area contributed by atoms with Gasteiger partial charge in [-0.05, 0) is 60.9 Å². The number of fused-ring (bicyclic) bond motifs is 2. The maximum atomic E-state index is 13.6. The average molecular weight is 494 g/mol. The molecule has 0 saturated carbocycles. The normalized spacial score (nSPS) is 16.8. The van der Waals surface area contributed by atoms with Gasteiger partial charge in [0.15, 0.2) is 5.65 Å². The SMILES string of the molecule is Nc1nccc(Sc2ccc3nc(N4CCC5(CC4)Cc4cc(F)cnc4C5)cnc3n2)c1Cl. The summed E-state index contributed by atoms with van der Waals surface area (Å²) in [5.41, 5.74) is 9.42. The minimum Gasteiger partial charge on any atom is -0.382 e.